The maximum absolute atomic E-state index is 13.7. The summed E-state index contributed by atoms with van der Waals surface area (Å²) in [5, 5.41) is 12.5. The van der Waals surface area contributed by atoms with Crippen molar-refractivity contribution < 1.29 is 9.59 Å². The number of aromatic nitrogens is 3. The van der Waals surface area contributed by atoms with Crippen LogP contribution >= 0.6 is 0 Å². The lowest BCUT2D eigenvalue weighted by Crippen LogP contribution is -2.57. The summed E-state index contributed by atoms with van der Waals surface area (Å²) in [6.45, 7) is 8.90. The van der Waals surface area contributed by atoms with Crippen molar-refractivity contribution in [1.29, 1.82) is 0 Å². The van der Waals surface area contributed by atoms with E-state index in [2.05, 4.69) is 61.3 Å². The molecule has 3 aliphatic heterocycles. The number of nitrogens with one attached hydrogen (secondary N) is 3. The number of carbonyl (C=O) groups is 2. The van der Waals surface area contributed by atoms with Crippen LogP contribution in [0, 0.1) is 6.92 Å². The molecule has 2 aromatic carbocycles. The first-order valence-corrected chi connectivity index (χ1v) is 17.1. The Balaban J connectivity index is 1.06. The van der Waals surface area contributed by atoms with E-state index in [4.69, 9.17) is 0 Å². The van der Waals surface area contributed by atoms with Crippen molar-refractivity contribution in [3.63, 3.8) is 0 Å². The predicted octanol–water partition coefficient (Wildman–Crippen LogP) is 3.62. The number of urea groups is 1. The summed E-state index contributed by atoms with van der Waals surface area (Å²) < 4.78 is 0. The quantitative estimate of drug-likeness (QED) is 0.265. The van der Waals surface area contributed by atoms with Crippen LogP contribution in [0.4, 0.5) is 4.79 Å². The molecule has 3 N–H and O–H groups in total. The van der Waals surface area contributed by atoms with Crippen LogP contribution in [0.1, 0.15) is 54.3 Å². The van der Waals surface area contributed by atoms with Gasteiger partial charge in [0.15, 0.2) is 0 Å². The van der Waals surface area contributed by atoms with Gasteiger partial charge in [0.1, 0.15) is 12.3 Å². The fourth-order valence-electron chi connectivity index (χ4n) is 8.10. The largest absolute Gasteiger partial charge is 0.327 e. The number of H-pyrrole nitrogens is 2. The van der Waals surface area contributed by atoms with Crippen LogP contribution in [0.5, 0.6) is 0 Å². The number of piperazine rings is 1. The smallest absolute Gasteiger partial charge is 0.318 e. The molecule has 2 amide bonds. The summed E-state index contributed by atoms with van der Waals surface area (Å²) in [7, 11) is 2.19. The minimum Gasteiger partial charge on any atom is -0.327 e. The molecule has 7 rings (SSSR count). The van der Waals surface area contributed by atoms with Crippen molar-refractivity contribution in [2.45, 2.75) is 56.7 Å². The summed E-state index contributed by atoms with van der Waals surface area (Å²) in [5.74, 6) is 0.0764. The maximum atomic E-state index is 13.7. The number of piperidine rings is 2. The summed E-state index contributed by atoms with van der Waals surface area (Å²) >= 11 is 0. The van der Waals surface area contributed by atoms with Crippen molar-refractivity contribution in [3.05, 3.63) is 75.7 Å². The summed E-state index contributed by atoms with van der Waals surface area (Å²) in [4.78, 5) is 51.7. The Morgan fingerprint density at radius 1 is 0.957 bits per heavy atom. The Hall–Kier alpha value is -4.06. The molecule has 0 radical (unpaired) electrons. The van der Waals surface area contributed by atoms with Gasteiger partial charge in [-0.05, 0) is 93.4 Å². The van der Waals surface area contributed by atoms with Crippen molar-refractivity contribution in [2.24, 2.45) is 0 Å². The highest BCUT2D eigenvalue weighted by molar-refractivity contribution is 5.83. The second kappa shape index (κ2) is 13.6. The Labute approximate surface area is 275 Å². The summed E-state index contributed by atoms with van der Waals surface area (Å²) in [6.07, 6.45) is 6.49. The number of amides is 2. The van der Waals surface area contributed by atoms with Crippen LogP contribution < -0.4 is 10.9 Å². The number of hydrogen-bond donors (Lipinski definition) is 3. The molecule has 2 atom stereocenters. The molecule has 11 heteroatoms. The van der Waals surface area contributed by atoms with Gasteiger partial charge < -0.3 is 24.9 Å². The number of aromatic amines is 2. The van der Waals surface area contributed by atoms with Gasteiger partial charge in [0.25, 0.3) is 5.56 Å². The van der Waals surface area contributed by atoms with Crippen LogP contribution in [0.2, 0.25) is 0 Å². The third kappa shape index (κ3) is 6.57. The lowest BCUT2D eigenvalue weighted by Gasteiger charge is -2.45. The zero-order chi connectivity index (χ0) is 32.5. The van der Waals surface area contributed by atoms with E-state index in [-0.39, 0.29) is 23.6 Å². The van der Waals surface area contributed by atoms with Gasteiger partial charge in [-0.15, -0.1) is 0 Å². The van der Waals surface area contributed by atoms with Gasteiger partial charge in [0.2, 0.25) is 0 Å². The summed E-state index contributed by atoms with van der Waals surface area (Å²) in [6, 6.07) is 13.4. The minimum absolute atomic E-state index is 0.0590. The molecule has 3 fully saturated rings. The van der Waals surface area contributed by atoms with E-state index in [0.29, 0.717) is 32.0 Å². The number of para-hydroxylation sites is 1. The third-order valence-corrected chi connectivity index (χ3v) is 10.8. The number of pyridine rings is 1. The molecule has 11 nitrogen and oxygen atoms in total. The molecule has 2 aromatic heterocycles. The molecule has 3 saturated heterocycles. The number of hydrogen-bond acceptors (Lipinski definition) is 7. The number of aldehydes is 1. The first-order valence-electron chi connectivity index (χ1n) is 17.1. The molecule has 47 heavy (non-hydrogen) atoms. The first kappa shape index (κ1) is 31.5. The van der Waals surface area contributed by atoms with E-state index < -0.39 is 6.04 Å². The highest BCUT2D eigenvalue weighted by Crippen LogP contribution is 2.32. The molecule has 248 valence electrons. The molecule has 4 aromatic rings. The monoisotopic (exact) mass is 638 g/mol. The van der Waals surface area contributed by atoms with Crippen molar-refractivity contribution >= 4 is 34.1 Å². The molecule has 0 bridgehead atoms. The van der Waals surface area contributed by atoms with Gasteiger partial charge >= 0.3 is 6.03 Å². The van der Waals surface area contributed by atoms with Crippen molar-refractivity contribution in [2.75, 3.05) is 59.4 Å². The predicted molar refractivity (Wildman–Crippen MR) is 184 cm³/mol. The topological polar surface area (TPSA) is 121 Å². The minimum atomic E-state index is -0.720. The Morgan fingerprint density at radius 3 is 2.45 bits per heavy atom. The lowest BCUT2D eigenvalue weighted by molar-refractivity contribution is -0.111. The SMILES string of the molecule is Cc1cc(C(C(C=O)NC(=O)N2CCC(c3cc4ccccc4[nH]c3=O)CC2)N2CCN(C3CCN(C)CC3)CC2)cc2cn[nH]c12. The zero-order valence-electron chi connectivity index (χ0n) is 27.5. The standard InChI is InChI=1S/C36H46N8O3/c1-24-19-27(20-28-22-37-40-33(24)28)34(43-17-15-42(16-18-43)29-9-11-41(2)12-10-29)32(23-45)39-36(47)44-13-7-25(8-14-44)30-21-26-5-3-4-6-31(26)38-35(30)46/h3-6,19-23,25,29,32,34H,7-18H2,1-2H3,(H,37,40)(H,38,46)(H,39,47). The van der Waals surface area contributed by atoms with Gasteiger partial charge in [-0.1, -0.05) is 24.3 Å². The number of aryl methyl sites for hydroxylation is 1. The van der Waals surface area contributed by atoms with Crippen LogP contribution in [0.25, 0.3) is 21.8 Å². The number of benzene rings is 2. The number of nitrogens with zero attached hydrogens (tertiary/aromatic N) is 5. The Bertz CT molecular complexity index is 1780. The Morgan fingerprint density at radius 2 is 1.70 bits per heavy atom. The number of rotatable bonds is 7. The lowest BCUT2D eigenvalue weighted by atomic mass is 9.89. The summed E-state index contributed by atoms with van der Waals surface area (Å²) in [5.41, 5.74) is 4.61. The fraction of sp³-hybridized carbons (Fsp3) is 0.500. The Kier molecular flexibility index (Phi) is 9.11. The van der Waals surface area contributed by atoms with Gasteiger partial charge in [-0.3, -0.25) is 19.7 Å². The molecule has 2 unspecified atom stereocenters. The first-order chi connectivity index (χ1) is 22.9. The molecule has 5 heterocycles. The van der Waals surface area contributed by atoms with Gasteiger partial charge in [0, 0.05) is 61.8 Å². The highest BCUT2D eigenvalue weighted by Gasteiger charge is 2.36. The van der Waals surface area contributed by atoms with Gasteiger partial charge in [0.05, 0.1) is 17.8 Å². The van der Waals surface area contributed by atoms with E-state index in [1.807, 2.05) is 36.5 Å². The maximum Gasteiger partial charge on any atom is 0.318 e. The molecule has 0 saturated carbocycles. The molecule has 0 spiro atoms. The van der Waals surface area contributed by atoms with E-state index >= 15 is 0 Å². The van der Waals surface area contributed by atoms with E-state index in [1.54, 1.807) is 4.90 Å². The van der Waals surface area contributed by atoms with E-state index in [0.717, 1.165) is 84.1 Å². The number of fused-ring (bicyclic) bond motifs is 2. The van der Waals surface area contributed by atoms with Gasteiger partial charge in [-0.2, -0.15) is 5.10 Å². The van der Waals surface area contributed by atoms with Crippen LogP contribution in [-0.2, 0) is 4.79 Å². The fourth-order valence-corrected chi connectivity index (χ4v) is 8.10. The van der Waals surface area contributed by atoms with Crippen LogP contribution in [0.3, 0.4) is 0 Å². The van der Waals surface area contributed by atoms with Crippen LogP contribution in [-0.4, -0.2) is 119 Å². The van der Waals surface area contributed by atoms with E-state index in [9.17, 15) is 14.4 Å². The highest BCUT2D eigenvalue weighted by atomic mass is 16.2. The van der Waals surface area contributed by atoms with Crippen LogP contribution in [0.15, 0.2) is 53.5 Å². The molecular weight excluding hydrogens is 592 g/mol. The second-order valence-corrected chi connectivity index (χ2v) is 13.7. The number of likely N-dealkylation sites (tertiary alicyclic amines) is 2. The van der Waals surface area contributed by atoms with Crippen molar-refractivity contribution in [1.82, 2.24) is 40.1 Å². The molecular formula is C36H46N8O3. The number of carbonyl (C=O) groups excluding carboxylic acids is 2. The zero-order valence-corrected chi connectivity index (χ0v) is 27.5. The van der Waals surface area contributed by atoms with Crippen molar-refractivity contribution in [3.8, 4) is 0 Å². The normalized spacial score (nSPS) is 20.9. The molecule has 3 aliphatic rings. The van der Waals surface area contributed by atoms with E-state index in [1.165, 1.54) is 12.8 Å². The molecule has 0 aliphatic carbocycles. The second-order valence-electron chi connectivity index (χ2n) is 13.7. The third-order valence-electron chi connectivity index (χ3n) is 10.8. The van der Waals surface area contributed by atoms with Gasteiger partial charge in [-0.25, -0.2) is 4.79 Å². The average Bonchev–Trinajstić information content (AvgIpc) is 3.58. The average molecular weight is 639 g/mol.